The Morgan fingerprint density at radius 1 is 1.41 bits per heavy atom. The van der Waals surface area contributed by atoms with E-state index in [1.807, 2.05) is 6.92 Å². The SMILES string of the molecule is CCCCCC1CC(=O)C(CC(=O)OC)=C1C. The second-order valence-corrected chi connectivity index (χ2v) is 4.73. The minimum absolute atomic E-state index is 0.134. The number of carbonyl (C=O) groups is 2. The molecule has 0 spiro atoms. The fraction of sp³-hybridized carbons (Fsp3) is 0.714. The van der Waals surface area contributed by atoms with Gasteiger partial charge in [-0.15, -0.1) is 0 Å². The topological polar surface area (TPSA) is 43.4 Å². The minimum Gasteiger partial charge on any atom is -0.469 e. The quantitative estimate of drug-likeness (QED) is 0.527. The van der Waals surface area contributed by atoms with Crippen molar-refractivity contribution in [3.05, 3.63) is 11.1 Å². The molecule has 0 amide bonds. The van der Waals surface area contributed by atoms with Crippen LogP contribution in [-0.4, -0.2) is 18.9 Å². The number of unbranched alkanes of at least 4 members (excludes halogenated alkanes) is 2. The number of ketones is 1. The summed E-state index contributed by atoms with van der Waals surface area (Å²) in [4.78, 5) is 23.0. The molecule has 1 aliphatic carbocycles. The van der Waals surface area contributed by atoms with E-state index in [1.54, 1.807) is 0 Å². The van der Waals surface area contributed by atoms with Gasteiger partial charge >= 0.3 is 5.97 Å². The lowest BCUT2D eigenvalue weighted by Crippen LogP contribution is -2.06. The van der Waals surface area contributed by atoms with E-state index in [0.29, 0.717) is 17.9 Å². The third kappa shape index (κ3) is 3.69. The lowest BCUT2D eigenvalue weighted by Gasteiger charge is -2.10. The Morgan fingerprint density at radius 3 is 2.71 bits per heavy atom. The van der Waals surface area contributed by atoms with Crippen LogP contribution < -0.4 is 0 Å². The van der Waals surface area contributed by atoms with Crippen molar-refractivity contribution < 1.29 is 14.3 Å². The van der Waals surface area contributed by atoms with Crippen molar-refractivity contribution in [1.82, 2.24) is 0 Å². The van der Waals surface area contributed by atoms with E-state index in [-0.39, 0.29) is 18.2 Å². The standard InChI is InChI=1S/C14H22O3/c1-4-5-6-7-11-8-13(15)12(10(11)2)9-14(16)17-3/h11H,4-9H2,1-3H3. The van der Waals surface area contributed by atoms with Crippen LogP contribution in [0.15, 0.2) is 11.1 Å². The molecular formula is C14H22O3. The average molecular weight is 238 g/mol. The van der Waals surface area contributed by atoms with Crippen molar-refractivity contribution in [3.8, 4) is 0 Å². The van der Waals surface area contributed by atoms with Crippen LogP contribution in [0.3, 0.4) is 0 Å². The maximum Gasteiger partial charge on any atom is 0.310 e. The van der Waals surface area contributed by atoms with Crippen LogP contribution in [0.1, 0.15) is 52.4 Å². The highest BCUT2D eigenvalue weighted by Gasteiger charge is 2.30. The molecule has 96 valence electrons. The zero-order valence-corrected chi connectivity index (χ0v) is 11.0. The summed E-state index contributed by atoms with van der Waals surface area (Å²) in [5.41, 5.74) is 1.80. The number of allylic oxidation sites excluding steroid dienone is 1. The smallest absolute Gasteiger partial charge is 0.310 e. The summed E-state index contributed by atoms with van der Waals surface area (Å²) in [7, 11) is 1.36. The molecule has 0 radical (unpaired) electrons. The third-order valence-electron chi connectivity index (χ3n) is 3.56. The van der Waals surface area contributed by atoms with Gasteiger partial charge in [0, 0.05) is 12.0 Å². The Labute approximate surface area is 103 Å². The van der Waals surface area contributed by atoms with Crippen molar-refractivity contribution in [2.24, 2.45) is 5.92 Å². The van der Waals surface area contributed by atoms with Crippen LogP contribution in [-0.2, 0) is 14.3 Å². The van der Waals surface area contributed by atoms with Gasteiger partial charge in [-0.05, 0) is 19.3 Å². The Hall–Kier alpha value is -1.12. The number of ether oxygens (including phenoxy) is 1. The van der Waals surface area contributed by atoms with Gasteiger partial charge in [-0.1, -0.05) is 31.8 Å². The van der Waals surface area contributed by atoms with E-state index in [1.165, 1.54) is 20.0 Å². The highest BCUT2D eigenvalue weighted by molar-refractivity contribution is 6.02. The molecule has 1 rings (SSSR count). The van der Waals surface area contributed by atoms with Gasteiger partial charge in [0.15, 0.2) is 5.78 Å². The van der Waals surface area contributed by atoms with Gasteiger partial charge < -0.3 is 4.74 Å². The lowest BCUT2D eigenvalue weighted by atomic mass is 9.95. The number of esters is 1. The van der Waals surface area contributed by atoms with Crippen LogP contribution >= 0.6 is 0 Å². The third-order valence-corrected chi connectivity index (χ3v) is 3.56. The van der Waals surface area contributed by atoms with Gasteiger partial charge in [-0.25, -0.2) is 0 Å². The molecule has 3 heteroatoms. The van der Waals surface area contributed by atoms with Gasteiger partial charge in [-0.2, -0.15) is 0 Å². The van der Waals surface area contributed by atoms with Crippen LogP contribution in [0.2, 0.25) is 0 Å². The van der Waals surface area contributed by atoms with E-state index in [4.69, 9.17) is 0 Å². The highest BCUT2D eigenvalue weighted by atomic mass is 16.5. The lowest BCUT2D eigenvalue weighted by molar-refractivity contribution is -0.140. The van der Waals surface area contributed by atoms with E-state index >= 15 is 0 Å². The van der Waals surface area contributed by atoms with Crippen molar-refractivity contribution in [2.45, 2.75) is 52.4 Å². The maximum absolute atomic E-state index is 11.8. The van der Waals surface area contributed by atoms with Crippen LogP contribution in [0.5, 0.6) is 0 Å². The zero-order valence-electron chi connectivity index (χ0n) is 11.0. The molecular weight excluding hydrogens is 216 g/mol. The zero-order chi connectivity index (χ0) is 12.8. The van der Waals surface area contributed by atoms with Crippen LogP contribution in [0.4, 0.5) is 0 Å². The molecule has 0 aromatic heterocycles. The molecule has 0 aliphatic heterocycles. The van der Waals surface area contributed by atoms with E-state index in [2.05, 4.69) is 11.7 Å². The van der Waals surface area contributed by atoms with E-state index in [9.17, 15) is 9.59 Å². The number of rotatable bonds is 6. The number of hydrogen-bond acceptors (Lipinski definition) is 3. The molecule has 1 aliphatic rings. The van der Waals surface area contributed by atoms with Crippen molar-refractivity contribution in [2.75, 3.05) is 7.11 Å². The van der Waals surface area contributed by atoms with Crippen molar-refractivity contribution in [3.63, 3.8) is 0 Å². The largest absolute Gasteiger partial charge is 0.469 e. The fourth-order valence-electron chi connectivity index (χ4n) is 2.38. The van der Waals surface area contributed by atoms with Gasteiger partial charge in [0.05, 0.1) is 13.5 Å². The molecule has 17 heavy (non-hydrogen) atoms. The van der Waals surface area contributed by atoms with Gasteiger partial charge in [0.1, 0.15) is 0 Å². The maximum atomic E-state index is 11.8. The Bertz CT molecular complexity index is 328. The first-order valence-electron chi connectivity index (χ1n) is 6.39. The fourth-order valence-corrected chi connectivity index (χ4v) is 2.38. The number of methoxy groups -OCH3 is 1. The molecule has 0 aromatic carbocycles. The molecule has 1 atom stereocenters. The monoisotopic (exact) mass is 238 g/mol. The molecule has 0 saturated carbocycles. The van der Waals surface area contributed by atoms with E-state index in [0.717, 1.165) is 18.4 Å². The number of hydrogen-bond donors (Lipinski definition) is 0. The summed E-state index contributed by atoms with van der Waals surface area (Å²) in [6.45, 7) is 4.16. The second-order valence-electron chi connectivity index (χ2n) is 4.73. The highest BCUT2D eigenvalue weighted by Crippen LogP contribution is 2.34. The summed E-state index contributed by atoms with van der Waals surface area (Å²) in [5, 5.41) is 0. The normalized spacial score (nSPS) is 19.9. The summed E-state index contributed by atoms with van der Waals surface area (Å²) in [5.74, 6) is 0.171. The van der Waals surface area contributed by atoms with Crippen LogP contribution in [0.25, 0.3) is 0 Å². The van der Waals surface area contributed by atoms with Gasteiger partial charge in [0.25, 0.3) is 0 Å². The number of Topliss-reactive ketones (excluding diaryl/α,β-unsaturated/α-hetero) is 1. The van der Waals surface area contributed by atoms with Gasteiger partial charge in [-0.3, -0.25) is 9.59 Å². The molecule has 1 unspecified atom stereocenters. The predicted octanol–water partition coefficient (Wildman–Crippen LogP) is 3.04. The first-order chi connectivity index (χ1) is 8.10. The van der Waals surface area contributed by atoms with Crippen LogP contribution in [0, 0.1) is 5.92 Å². The molecule has 0 N–H and O–H groups in total. The summed E-state index contributed by atoms with van der Waals surface area (Å²) >= 11 is 0. The minimum atomic E-state index is -0.318. The number of carbonyl (C=O) groups excluding carboxylic acids is 2. The molecule has 0 fully saturated rings. The summed E-state index contributed by atoms with van der Waals surface area (Å²) < 4.78 is 4.62. The summed E-state index contributed by atoms with van der Waals surface area (Å²) in [6, 6.07) is 0. The Morgan fingerprint density at radius 2 is 2.12 bits per heavy atom. The molecule has 0 aromatic rings. The van der Waals surface area contributed by atoms with Crippen molar-refractivity contribution >= 4 is 11.8 Å². The first kappa shape index (κ1) is 13.9. The van der Waals surface area contributed by atoms with Crippen molar-refractivity contribution in [1.29, 1.82) is 0 Å². The molecule has 0 bridgehead atoms. The first-order valence-corrected chi connectivity index (χ1v) is 6.39. The second kappa shape index (κ2) is 6.58. The van der Waals surface area contributed by atoms with E-state index < -0.39 is 0 Å². The Balaban J connectivity index is 2.60. The molecule has 3 nitrogen and oxygen atoms in total. The predicted molar refractivity (Wildman–Crippen MR) is 66.6 cm³/mol. The molecule has 0 saturated heterocycles. The average Bonchev–Trinajstić information content (AvgIpc) is 2.57. The molecule has 0 heterocycles. The Kier molecular flexibility index (Phi) is 5.39. The van der Waals surface area contributed by atoms with Gasteiger partial charge in [0.2, 0.25) is 0 Å². The summed E-state index contributed by atoms with van der Waals surface area (Å²) in [6.07, 6.45) is 5.36.